The van der Waals surface area contributed by atoms with Crippen molar-refractivity contribution in [2.45, 2.75) is 64.2 Å². The third-order valence-corrected chi connectivity index (χ3v) is 6.29. The summed E-state index contributed by atoms with van der Waals surface area (Å²) in [4.78, 5) is 20.0. The predicted octanol–water partition coefficient (Wildman–Crippen LogP) is 8.03. The maximum absolute atomic E-state index is 11.0. The first kappa shape index (κ1) is 26.7. The van der Waals surface area contributed by atoms with E-state index in [1.165, 1.54) is 51.4 Å². The maximum atomic E-state index is 11.0. The quantitative estimate of drug-likeness (QED) is 0.161. The Morgan fingerprint density at radius 1 is 0.686 bits per heavy atom. The fraction of sp³-hybridized carbons (Fsp3) is 0.414. The molecule has 0 radical (unpaired) electrons. The highest BCUT2D eigenvalue weighted by Gasteiger charge is 2.06. The molecule has 0 aliphatic rings. The van der Waals surface area contributed by atoms with Crippen LogP contribution in [-0.2, 0) is 0 Å². The van der Waals surface area contributed by atoms with Crippen molar-refractivity contribution in [3.05, 3.63) is 66.5 Å². The van der Waals surface area contributed by atoms with E-state index in [1.54, 1.807) is 36.7 Å². The summed E-state index contributed by atoms with van der Waals surface area (Å²) in [5.74, 6) is 0.722. The first-order chi connectivity index (χ1) is 17.2. The van der Waals surface area contributed by atoms with E-state index >= 15 is 0 Å². The Labute approximate surface area is 213 Å². The van der Waals surface area contributed by atoms with Crippen LogP contribution in [-0.4, -0.2) is 33.5 Å². The van der Waals surface area contributed by atoms with Crippen molar-refractivity contribution < 1.29 is 14.6 Å². The monoisotopic (exact) mass is 494 g/mol. The van der Waals surface area contributed by atoms with Crippen molar-refractivity contribution >= 4 is 17.6 Å². The molecule has 0 spiro atoms. The topological polar surface area (TPSA) is 72.3 Å². The molecule has 0 amide bonds. The maximum Gasteiger partial charge on any atom is 0.335 e. The largest absolute Gasteiger partial charge is 0.494 e. The van der Waals surface area contributed by atoms with Gasteiger partial charge in [-0.25, -0.2) is 4.79 Å². The van der Waals surface area contributed by atoms with E-state index in [4.69, 9.17) is 21.4 Å². The molecule has 6 heteroatoms. The molecule has 1 heterocycles. The van der Waals surface area contributed by atoms with E-state index in [0.717, 1.165) is 47.9 Å². The Hall–Kier alpha value is -2.92. The minimum Gasteiger partial charge on any atom is -0.494 e. The third-order valence-electron chi connectivity index (χ3n) is 6.03. The normalized spacial score (nSPS) is 10.9. The summed E-state index contributed by atoms with van der Waals surface area (Å²) in [5.41, 5.74) is 3.53. The standard InChI is InChI=1S/C29H35ClN2O3/c30-19-9-7-5-3-1-2-4-6-8-10-20-35-26-17-15-24(16-18-26)28-22-31-27(21-32-28)23-11-13-25(14-12-23)29(33)34/h11-18,21-22H,1-10,19-20H2,(H,33,34). The van der Waals surface area contributed by atoms with Gasteiger partial charge < -0.3 is 9.84 Å². The van der Waals surface area contributed by atoms with Gasteiger partial charge in [0.05, 0.1) is 36.0 Å². The van der Waals surface area contributed by atoms with E-state index in [1.807, 2.05) is 24.3 Å². The molecule has 5 nitrogen and oxygen atoms in total. The summed E-state index contributed by atoms with van der Waals surface area (Å²) < 4.78 is 5.89. The lowest BCUT2D eigenvalue weighted by Crippen LogP contribution is -1.97. The molecule has 2 aromatic carbocycles. The molecule has 0 aliphatic heterocycles. The summed E-state index contributed by atoms with van der Waals surface area (Å²) >= 11 is 5.70. The number of benzene rings is 2. The molecule has 1 N–H and O–H groups in total. The van der Waals surface area contributed by atoms with Crippen molar-refractivity contribution in [3.8, 4) is 28.3 Å². The molecule has 35 heavy (non-hydrogen) atoms. The number of carboxylic acids is 1. The van der Waals surface area contributed by atoms with Gasteiger partial charge in [0, 0.05) is 17.0 Å². The second-order valence-electron chi connectivity index (χ2n) is 8.77. The number of nitrogens with zero attached hydrogens (tertiary/aromatic N) is 2. The fourth-order valence-electron chi connectivity index (χ4n) is 3.93. The Balaban J connectivity index is 1.34. The number of carbonyl (C=O) groups is 1. The minimum atomic E-state index is -0.943. The molecule has 0 saturated heterocycles. The van der Waals surface area contributed by atoms with Crippen molar-refractivity contribution in [2.24, 2.45) is 0 Å². The molecule has 0 saturated carbocycles. The van der Waals surface area contributed by atoms with Crippen LogP contribution in [0.15, 0.2) is 60.9 Å². The highest BCUT2D eigenvalue weighted by molar-refractivity contribution is 6.17. The van der Waals surface area contributed by atoms with Gasteiger partial charge in [0.1, 0.15) is 5.75 Å². The van der Waals surface area contributed by atoms with Gasteiger partial charge in [0.25, 0.3) is 0 Å². The van der Waals surface area contributed by atoms with Crippen LogP contribution in [0, 0.1) is 0 Å². The molecule has 0 bridgehead atoms. The summed E-state index contributed by atoms with van der Waals surface area (Å²) in [7, 11) is 0. The van der Waals surface area contributed by atoms with Gasteiger partial charge in [-0.1, -0.05) is 63.5 Å². The highest BCUT2D eigenvalue weighted by atomic mass is 35.5. The van der Waals surface area contributed by atoms with Gasteiger partial charge in [-0.3, -0.25) is 9.97 Å². The molecule has 186 valence electrons. The van der Waals surface area contributed by atoms with Crippen LogP contribution in [0.1, 0.15) is 74.6 Å². The second kappa shape index (κ2) is 15.2. The number of aromatic nitrogens is 2. The Kier molecular flexibility index (Phi) is 11.6. The zero-order chi connectivity index (χ0) is 24.7. The van der Waals surface area contributed by atoms with Gasteiger partial charge in [-0.15, -0.1) is 11.6 Å². The smallest absolute Gasteiger partial charge is 0.335 e. The second-order valence-corrected chi connectivity index (χ2v) is 9.14. The van der Waals surface area contributed by atoms with Crippen LogP contribution in [0.2, 0.25) is 0 Å². The first-order valence-corrected chi connectivity index (χ1v) is 13.2. The number of unbranched alkanes of at least 4 members (excludes halogenated alkanes) is 9. The fourth-order valence-corrected chi connectivity index (χ4v) is 4.12. The molecule has 0 unspecified atom stereocenters. The zero-order valence-electron chi connectivity index (χ0n) is 20.3. The summed E-state index contributed by atoms with van der Waals surface area (Å²) in [6, 6.07) is 14.6. The average Bonchev–Trinajstić information content (AvgIpc) is 2.90. The molecular formula is C29H35ClN2O3. The van der Waals surface area contributed by atoms with Crippen molar-refractivity contribution in [2.75, 3.05) is 12.5 Å². The van der Waals surface area contributed by atoms with Crippen LogP contribution < -0.4 is 4.74 Å². The molecule has 3 rings (SSSR count). The molecule has 3 aromatic rings. The Bertz CT molecular complexity index is 1010. The van der Waals surface area contributed by atoms with E-state index < -0.39 is 5.97 Å². The van der Waals surface area contributed by atoms with Gasteiger partial charge in [-0.2, -0.15) is 0 Å². The zero-order valence-corrected chi connectivity index (χ0v) is 21.1. The number of hydrogen-bond donors (Lipinski definition) is 1. The van der Waals surface area contributed by atoms with Gasteiger partial charge in [0.2, 0.25) is 0 Å². The van der Waals surface area contributed by atoms with Crippen LogP contribution in [0.5, 0.6) is 5.75 Å². The van der Waals surface area contributed by atoms with Crippen molar-refractivity contribution in [3.63, 3.8) is 0 Å². The van der Waals surface area contributed by atoms with Crippen LogP contribution in [0.3, 0.4) is 0 Å². The SMILES string of the molecule is O=C(O)c1ccc(-c2cnc(-c3ccc(OCCCCCCCCCCCCCl)cc3)cn2)cc1. The Morgan fingerprint density at radius 3 is 1.60 bits per heavy atom. The lowest BCUT2D eigenvalue weighted by molar-refractivity contribution is 0.0697. The minimum absolute atomic E-state index is 0.251. The van der Waals surface area contributed by atoms with Crippen LogP contribution in [0.25, 0.3) is 22.5 Å². The summed E-state index contributed by atoms with van der Waals surface area (Å²) in [5, 5.41) is 9.02. The number of halogens is 1. The van der Waals surface area contributed by atoms with Gasteiger partial charge in [-0.05, 0) is 49.2 Å². The Morgan fingerprint density at radius 2 is 1.14 bits per heavy atom. The van der Waals surface area contributed by atoms with Crippen molar-refractivity contribution in [1.29, 1.82) is 0 Å². The molecule has 0 fully saturated rings. The van der Waals surface area contributed by atoms with Gasteiger partial charge in [0.15, 0.2) is 0 Å². The molecule has 1 aromatic heterocycles. The molecule has 0 atom stereocenters. The number of carboxylic acid groups (broad SMARTS) is 1. The molecule has 0 aliphatic carbocycles. The average molecular weight is 495 g/mol. The summed E-state index contributed by atoms with van der Waals surface area (Å²) in [6.07, 6.45) is 16.1. The van der Waals surface area contributed by atoms with Crippen LogP contribution in [0.4, 0.5) is 0 Å². The third kappa shape index (κ3) is 9.33. The number of rotatable bonds is 16. The lowest BCUT2D eigenvalue weighted by atomic mass is 10.1. The van der Waals surface area contributed by atoms with Gasteiger partial charge >= 0.3 is 5.97 Å². The van der Waals surface area contributed by atoms with E-state index in [2.05, 4.69) is 9.97 Å². The predicted molar refractivity (Wildman–Crippen MR) is 142 cm³/mol. The number of alkyl halides is 1. The van der Waals surface area contributed by atoms with E-state index in [-0.39, 0.29) is 5.56 Å². The van der Waals surface area contributed by atoms with Crippen molar-refractivity contribution in [1.82, 2.24) is 9.97 Å². The first-order valence-electron chi connectivity index (χ1n) is 12.6. The number of ether oxygens (including phenoxy) is 1. The highest BCUT2D eigenvalue weighted by Crippen LogP contribution is 2.23. The lowest BCUT2D eigenvalue weighted by Gasteiger charge is -2.08. The number of hydrogen-bond acceptors (Lipinski definition) is 4. The summed E-state index contributed by atoms with van der Waals surface area (Å²) in [6.45, 7) is 0.743. The van der Waals surface area contributed by atoms with E-state index in [0.29, 0.717) is 5.69 Å². The van der Waals surface area contributed by atoms with Crippen LogP contribution >= 0.6 is 11.6 Å². The molecular weight excluding hydrogens is 460 g/mol. The van der Waals surface area contributed by atoms with E-state index in [9.17, 15) is 4.79 Å². The number of aromatic carboxylic acids is 1.